The lowest BCUT2D eigenvalue weighted by Gasteiger charge is -2.29. The summed E-state index contributed by atoms with van der Waals surface area (Å²) in [5.74, 6) is -0.509. The van der Waals surface area contributed by atoms with E-state index in [1.807, 2.05) is 39.0 Å². The molecular weight excluding hydrogens is 362 g/mol. The Labute approximate surface area is 162 Å². The number of benzene rings is 2. The number of rotatable bonds is 4. The Balaban J connectivity index is 1.85. The van der Waals surface area contributed by atoms with Crippen molar-refractivity contribution in [3.63, 3.8) is 0 Å². The van der Waals surface area contributed by atoms with Gasteiger partial charge in [-0.15, -0.1) is 0 Å². The van der Waals surface area contributed by atoms with Crippen molar-refractivity contribution in [2.75, 3.05) is 23.4 Å². The number of carbonyl (C=O) groups excluding carboxylic acids is 2. The number of carbonyl (C=O) groups is 2. The molecule has 8 nitrogen and oxygen atoms in total. The van der Waals surface area contributed by atoms with E-state index in [4.69, 9.17) is 4.74 Å². The van der Waals surface area contributed by atoms with Gasteiger partial charge in [-0.1, -0.05) is 39.0 Å². The molecule has 2 aromatic carbocycles. The Bertz CT molecular complexity index is 949. The summed E-state index contributed by atoms with van der Waals surface area (Å²) in [6.45, 7) is 5.63. The third kappa shape index (κ3) is 3.95. The van der Waals surface area contributed by atoms with E-state index in [9.17, 15) is 19.7 Å². The monoisotopic (exact) mass is 383 g/mol. The normalized spacial score (nSPS) is 13.5. The molecule has 0 radical (unpaired) electrons. The van der Waals surface area contributed by atoms with Crippen LogP contribution < -0.4 is 15.0 Å². The lowest BCUT2D eigenvalue weighted by atomic mass is 9.86. The molecule has 0 unspecified atom stereocenters. The first kappa shape index (κ1) is 19.3. The predicted octanol–water partition coefficient (Wildman–Crippen LogP) is 3.26. The van der Waals surface area contributed by atoms with Crippen LogP contribution in [0.3, 0.4) is 0 Å². The average Bonchev–Trinajstić information content (AvgIpc) is 2.63. The molecule has 1 aliphatic heterocycles. The van der Waals surface area contributed by atoms with E-state index in [0.29, 0.717) is 11.4 Å². The van der Waals surface area contributed by atoms with Crippen LogP contribution in [0.4, 0.5) is 17.1 Å². The zero-order chi connectivity index (χ0) is 20.5. The summed E-state index contributed by atoms with van der Waals surface area (Å²) in [6, 6.07) is 11.4. The third-order valence-corrected chi connectivity index (χ3v) is 4.41. The minimum absolute atomic E-state index is 0.175. The zero-order valence-corrected chi connectivity index (χ0v) is 15.9. The van der Waals surface area contributed by atoms with E-state index >= 15 is 0 Å². The second-order valence-corrected chi connectivity index (χ2v) is 7.52. The number of non-ortho nitro benzene ring substituents is 1. The van der Waals surface area contributed by atoms with Gasteiger partial charge in [-0.3, -0.25) is 24.6 Å². The molecule has 1 aliphatic rings. The van der Waals surface area contributed by atoms with Crippen molar-refractivity contribution < 1.29 is 19.2 Å². The van der Waals surface area contributed by atoms with Gasteiger partial charge in [0.25, 0.3) is 11.6 Å². The van der Waals surface area contributed by atoms with Gasteiger partial charge in [0.05, 0.1) is 10.6 Å². The maximum absolute atomic E-state index is 12.7. The summed E-state index contributed by atoms with van der Waals surface area (Å²) in [5.41, 5.74) is 1.49. The predicted molar refractivity (Wildman–Crippen MR) is 105 cm³/mol. The van der Waals surface area contributed by atoms with Crippen LogP contribution in [0.25, 0.3) is 0 Å². The number of ether oxygens (including phenoxy) is 1. The van der Waals surface area contributed by atoms with Gasteiger partial charge >= 0.3 is 0 Å². The minimum Gasteiger partial charge on any atom is -0.482 e. The number of para-hydroxylation sites is 1. The van der Waals surface area contributed by atoms with Crippen molar-refractivity contribution >= 4 is 28.9 Å². The van der Waals surface area contributed by atoms with Crippen LogP contribution in [0.15, 0.2) is 42.5 Å². The lowest BCUT2D eigenvalue weighted by Crippen LogP contribution is -2.43. The van der Waals surface area contributed by atoms with Gasteiger partial charge in [0.2, 0.25) is 5.91 Å². The van der Waals surface area contributed by atoms with Crippen LogP contribution in [0.5, 0.6) is 5.75 Å². The number of anilines is 2. The molecule has 2 aromatic rings. The van der Waals surface area contributed by atoms with Gasteiger partial charge in [-0.25, -0.2) is 0 Å². The number of nitrogens with zero attached hydrogens (tertiary/aromatic N) is 2. The summed E-state index contributed by atoms with van der Waals surface area (Å²) in [5, 5.41) is 13.9. The molecule has 2 amide bonds. The zero-order valence-electron chi connectivity index (χ0n) is 15.9. The largest absolute Gasteiger partial charge is 0.482 e. The fraction of sp³-hybridized carbons (Fsp3) is 0.300. The summed E-state index contributed by atoms with van der Waals surface area (Å²) >= 11 is 0. The van der Waals surface area contributed by atoms with Crippen LogP contribution in [0.1, 0.15) is 26.3 Å². The number of nitro benzene ring substituents is 1. The molecular formula is C20H21N3O5. The molecule has 0 aromatic heterocycles. The van der Waals surface area contributed by atoms with E-state index in [1.54, 1.807) is 6.07 Å². The highest BCUT2D eigenvalue weighted by Crippen LogP contribution is 2.35. The molecule has 0 fully saturated rings. The first-order valence-electron chi connectivity index (χ1n) is 8.78. The molecule has 0 atom stereocenters. The van der Waals surface area contributed by atoms with Crippen LogP contribution in [-0.4, -0.2) is 29.9 Å². The van der Waals surface area contributed by atoms with Gasteiger partial charge in [0.15, 0.2) is 6.61 Å². The molecule has 146 valence electrons. The number of amides is 2. The Morgan fingerprint density at radius 1 is 1.25 bits per heavy atom. The lowest BCUT2D eigenvalue weighted by molar-refractivity contribution is -0.384. The fourth-order valence-corrected chi connectivity index (χ4v) is 3.06. The molecule has 1 heterocycles. The van der Waals surface area contributed by atoms with Crippen molar-refractivity contribution in [1.82, 2.24) is 0 Å². The second-order valence-electron chi connectivity index (χ2n) is 7.52. The summed E-state index contributed by atoms with van der Waals surface area (Å²) in [7, 11) is 0. The third-order valence-electron chi connectivity index (χ3n) is 4.41. The molecule has 0 saturated heterocycles. The van der Waals surface area contributed by atoms with Crippen molar-refractivity contribution in [3.8, 4) is 5.75 Å². The number of hydrogen-bond donors (Lipinski definition) is 1. The van der Waals surface area contributed by atoms with Gasteiger partial charge in [0, 0.05) is 17.8 Å². The summed E-state index contributed by atoms with van der Waals surface area (Å²) in [6.07, 6.45) is 0. The Hall–Kier alpha value is -3.42. The van der Waals surface area contributed by atoms with Crippen molar-refractivity contribution in [3.05, 3.63) is 58.1 Å². The van der Waals surface area contributed by atoms with Crippen LogP contribution in [-0.2, 0) is 15.0 Å². The first-order chi connectivity index (χ1) is 13.2. The standard InChI is InChI=1S/C20H21N3O5/c1-20(2,3)14-6-4-5-7-15(14)21-18(24)11-22-16-10-13(23(26)27)8-9-17(16)28-12-19(22)25/h4-10H,11-12H2,1-3H3,(H,21,24). The van der Waals surface area contributed by atoms with Gasteiger partial charge in [0.1, 0.15) is 12.3 Å². The highest BCUT2D eigenvalue weighted by Gasteiger charge is 2.29. The second kappa shape index (κ2) is 7.30. The van der Waals surface area contributed by atoms with Gasteiger partial charge in [-0.2, -0.15) is 0 Å². The highest BCUT2D eigenvalue weighted by molar-refractivity contribution is 6.05. The van der Waals surface area contributed by atoms with Crippen LogP contribution in [0.2, 0.25) is 0 Å². The van der Waals surface area contributed by atoms with E-state index in [1.165, 1.54) is 23.1 Å². The quantitative estimate of drug-likeness (QED) is 0.645. The summed E-state index contributed by atoms with van der Waals surface area (Å²) in [4.78, 5) is 36.7. The molecule has 8 heteroatoms. The number of fused-ring (bicyclic) bond motifs is 1. The number of hydrogen-bond acceptors (Lipinski definition) is 5. The average molecular weight is 383 g/mol. The fourth-order valence-electron chi connectivity index (χ4n) is 3.06. The smallest absolute Gasteiger partial charge is 0.271 e. The first-order valence-corrected chi connectivity index (χ1v) is 8.78. The number of nitrogens with one attached hydrogen (secondary N) is 1. The number of nitro groups is 1. The van der Waals surface area contributed by atoms with E-state index in [-0.39, 0.29) is 29.9 Å². The van der Waals surface area contributed by atoms with Gasteiger partial charge in [-0.05, 0) is 23.1 Å². The Kier molecular flexibility index (Phi) is 5.04. The molecule has 3 rings (SSSR count). The van der Waals surface area contributed by atoms with Crippen LogP contribution in [0, 0.1) is 10.1 Å². The maximum Gasteiger partial charge on any atom is 0.271 e. The molecule has 0 aliphatic carbocycles. The molecule has 1 N–H and O–H groups in total. The van der Waals surface area contributed by atoms with Gasteiger partial charge < -0.3 is 10.1 Å². The van der Waals surface area contributed by atoms with Crippen molar-refractivity contribution in [1.29, 1.82) is 0 Å². The molecule has 28 heavy (non-hydrogen) atoms. The minimum atomic E-state index is -0.558. The van der Waals surface area contributed by atoms with Crippen molar-refractivity contribution in [2.45, 2.75) is 26.2 Å². The Morgan fingerprint density at radius 2 is 1.96 bits per heavy atom. The van der Waals surface area contributed by atoms with E-state index in [0.717, 1.165) is 5.56 Å². The highest BCUT2D eigenvalue weighted by atomic mass is 16.6. The topological polar surface area (TPSA) is 102 Å². The van der Waals surface area contributed by atoms with E-state index < -0.39 is 16.7 Å². The van der Waals surface area contributed by atoms with E-state index in [2.05, 4.69) is 5.32 Å². The van der Waals surface area contributed by atoms with Crippen LogP contribution >= 0.6 is 0 Å². The maximum atomic E-state index is 12.7. The molecule has 0 spiro atoms. The Morgan fingerprint density at radius 3 is 2.64 bits per heavy atom. The molecule has 0 saturated carbocycles. The SMILES string of the molecule is CC(C)(C)c1ccccc1NC(=O)CN1C(=O)COc2ccc([N+](=O)[O-])cc21. The summed E-state index contributed by atoms with van der Waals surface area (Å²) < 4.78 is 5.32. The van der Waals surface area contributed by atoms with Crippen molar-refractivity contribution in [2.24, 2.45) is 0 Å². The molecule has 0 bridgehead atoms.